The van der Waals surface area contributed by atoms with E-state index in [2.05, 4.69) is 64.3 Å². The summed E-state index contributed by atoms with van der Waals surface area (Å²) in [7, 11) is 0. The lowest BCUT2D eigenvalue weighted by Gasteiger charge is -2.40. The van der Waals surface area contributed by atoms with Crippen molar-refractivity contribution < 1.29 is 9.84 Å². The molecule has 2 unspecified atom stereocenters. The average Bonchev–Trinajstić information content (AvgIpc) is 3.57. The Balaban J connectivity index is 1.49. The van der Waals surface area contributed by atoms with E-state index in [9.17, 15) is 5.11 Å². The van der Waals surface area contributed by atoms with Crippen LogP contribution in [0.5, 0.6) is 0 Å². The number of nitrogens with one attached hydrogen (secondary N) is 1. The number of aliphatic imine (C=N–C) groups is 1. The van der Waals surface area contributed by atoms with Gasteiger partial charge in [0, 0.05) is 45.4 Å². The average molecular weight is 403 g/mol. The molecule has 1 saturated carbocycles. The molecule has 1 aromatic rings. The number of aliphatic hydroxyl groups excluding tert-OH is 1. The summed E-state index contributed by atoms with van der Waals surface area (Å²) >= 11 is 0. The summed E-state index contributed by atoms with van der Waals surface area (Å²) < 4.78 is 5.59. The van der Waals surface area contributed by atoms with Crippen molar-refractivity contribution in [2.24, 2.45) is 10.9 Å². The fraction of sp³-hybridized carbons (Fsp3) is 0.696. The van der Waals surface area contributed by atoms with Gasteiger partial charge in [0.2, 0.25) is 0 Å². The third-order valence-corrected chi connectivity index (χ3v) is 5.77. The van der Waals surface area contributed by atoms with Gasteiger partial charge in [0.05, 0.1) is 19.3 Å². The highest BCUT2D eigenvalue weighted by Gasteiger charge is 2.25. The lowest BCUT2D eigenvalue weighted by molar-refractivity contribution is 0.0366. The molecule has 162 valence electrons. The van der Waals surface area contributed by atoms with E-state index in [0.717, 1.165) is 57.6 Å². The quantitative estimate of drug-likeness (QED) is 0.465. The number of nitrogens with zero attached hydrogens (tertiary/aromatic N) is 3. The Labute approximate surface area is 175 Å². The molecule has 0 bridgehead atoms. The summed E-state index contributed by atoms with van der Waals surface area (Å²) in [5.74, 6) is 1.63. The van der Waals surface area contributed by atoms with E-state index in [1.807, 2.05) is 0 Å². The van der Waals surface area contributed by atoms with Gasteiger partial charge >= 0.3 is 0 Å². The number of rotatable bonds is 10. The zero-order valence-corrected chi connectivity index (χ0v) is 18.1. The largest absolute Gasteiger partial charge is 0.389 e. The second-order valence-electron chi connectivity index (χ2n) is 8.19. The van der Waals surface area contributed by atoms with Gasteiger partial charge < -0.3 is 20.1 Å². The van der Waals surface area contributed by atoms with Gasteiger partial charge in [-0.1, -0.05) is 37.3 Å². The van der Waals surface area contributed by atoms with Crippen LogP contribution in [0.3, 0.4) is 0 Å². The molecule has 6 heteroatoms. The summed E-state index contributed by atoms with van der Waals surface area (Å²) in [6.07, 6.45) is 3.12. The Bertz CT molecular complexity index is 613. The van der Waals surface area contributed by atoms with Gasteiger partial charge in [0.15, 0.2) is 5.96 Å². The van der Waals surface area contributed by atoms with Crippen LogP contribution in [0.25, 0.3) is 0 Å². The molecule has 1 aromatic carbocycles. The summed E-state index contributed by atoms with van der Waals surface area (Å²) in [6, 6.07) is 11.3. The van der Waals surface area contributed by atoms with Crippen molar-refractivity contribution in [2.75, 3.05) is 52.5 Å². The molecule has 6 nitrogen and oxygen atoms in total. The molecule has 0 spiro atoms. The van der Waals surface area contributed by atoms with Crippen molar-refractivity contribution in [1.29, 1.82) is 0 Å². The normalized spacial score (nSPS) is 20.5. The van der Waals surface area contributed by atoms with Crippen molar-refractivity contribution in [3.8, 4) is 0 Å². The molecule has 2 atom stereocenters. The number of piperazine rings is 1. The maximum absolute atomic E-state index is 10.2. The number of hydrogen-bond acceptors (Lipinski definition) is 4. The van der Waals surface area contributed by atoms with Crippen molar-refractivity contribution >= 4 is 5.96 Å². The van der Waals surface area contributed by atoms with Gasteiger partial charge in [-0.25, -0.2) is 0 Å². The van der Waals surface area contributed by atoms with E-state index in [4.69, 9.17) is 4.74 Å². The maximum atomic E-state index is 10.2. The van der Waals surface area contributed by atoms with E-state index in [1.165, 1.54) is 18.4 Å². The second kappa shape index (κ2) is 11.5. The summed E-state index contributed by atoms with van der Waals surface area (Å²) in [5.41, 5.74) is 1.40. The van der Waals surface area contributed by atoms with Gasteiger partial charge in [-0.2, -0.15) is 0 Å². The lowest BCUT2D eigenvalue weighted by Crippen LogP contribution is -2.53. The van der Waals surface area contributed by atoms with E-state index >= 15 is 0 Å². The van der Waals surface area contributed by atoms with Gasteiger partial charge in [-0.3, -0.25) is 9.89 Å². The third kappa shape index (κ3) is 6.98. The zero-order chi connectivity index (χ0) is 20.5. The molecule has 1 aliphatic heterocycles. The van der Waals surface area contributed by atoms with E-state index in [0.29, 0.717) is 19.2 Å². The highest BCUT2D eigenvalue weighted by atomic mass is 16.5. The first-order valence-corrected chi connectivity index (χ1v) is 11.3. The SMILES string of the molecule is CCNC(=NCC(O)COCC1CC1)N1CCN(C(CC)c2ccccc2)CC1. The molecule has 2 fully saturated rings. The topological polar surface area (TPSA) is 60.3 Å². The Hall–Kier alpha value is -1.63. The van der Waals surface area contributed by atoms with Gasteiger partial charge in [0.1, 0.15) is 0 Å². The number of ether oxygens (including phenoxy) is 1. The summed E-state index contributed by atoms with van der Waals surface area (Å²) in [5, 5.41) is 13.6. The van der Waals surface area contributed by atoms with Gasteiger partial charge in [-0.15, -0.1) is 0 Å². The monoisotopic (exact) mass is 402 g/mol. The molecule has 2 N–H and O–H groups in total. The fourth-order valence-corrected chi connectivity index (χ4v) is 3.95. The predicted octanol–water partition coefficient (Wildman–Crippen LogP) is 2.51. The van der Waals surface area contributed by atoms with Crippen LogP contribution in [0.4, 0.5) is 0 Å². The minimum Gasteiger partial charge on any atom is -0.389 e. The number of hydrogen-bond donors (Lipinski definition) is 2. The standard InChI is InChI=1S/C23H38N4O2/c1-3-22(20-8-6-5-7-9-20)26-12-14-27(15-13-26)23(24-4-2)25-16-21(28)18-29-17-19-10-11-19/h5-9,19,21-22,28H,3-4,10-18H2,1-2H3,(H,24,25). The fourth-order valence-electron chi connectivity index (χ4n) is 3.95. The Morgan fingerprint density at radius 3 is 2.52 bits per heavy atom. The van der Waals surface area contributed by atoms with Crippen molar-refractivity contribution in [2.45, 2.75) is 45.3 Å². The molecule has 29 heavy (non-hydrogen) atoms. The minimum absolute atomic E-state index is 0.377. The van der Waals surface area contributed by atoms with Crippen LogP contribution in [0.2, 0.25) is 0 Å². The van der Waals surface area contributed by atoms with E-state index in [1.54, 1.807) is 0 Å². The molecule has 1 heterocycles. The molecule has 0 amide bonds. The van der Waals surface area contributed by atoms with Crippen molar-refractivity contribution in [3.63, 3.8) is 0 Å². The Morgan fingerprint density at radius 2 is 1.90 bits per heavy atom. The lowest BCUT2D eigenvalue weighted by atomic mass is 10.0. The molecule has 0 radical (unpaired) electrons. The molecule has 1 aliphatic carbocycles. The second-order valence-corrected chi connectivity index (χ2v) is 8.19. The van der Waals surface area contributed by atoms with Crippen LogP contribution in [0, 0.1) is 5.92 Å². The number of benzene rings is 1. The minimum atomic E-state index is -0.536. The molecule has 2 aliphatic rings. The van der Waals surface area contributed by atoms with Gasteiger partial charge in [-0.05, 0) is 37.7 Å². The van der Waals surface area contributed by atoms with Crippen molar-refractivity contribution in [3.05, 3.63) is 35.9 Å². The first-order chi connectivity index (χ1) is 14.2. The number of aliphatic hydroxyl groups is 1. The Kier molecular flexibility index (Phi) is 8.77. The van der Waals surface area contributed by atoms with Crippen LogP contribution in [0.1, 0.15) is 44.7 Å². The van der Waals surface area contributed by atoms with Crippen molar-refractivity contribution in [1.82, 2.24) is 15.1 Å². The van der Waals surface area contributed by atoms with Crippen LogP contribution in [-0.4, -0.2) is 79.5 Å². The molecular formula is C23H38N4O2. The molecule has 3 rings (SSSR count). The van der Waals surface area contributed by atoms with E-state index < -0.39 is 6.10 Å². The van der Waals surface area contributed by atoms with Crippen LogP contribution < -0.4 is 5.32 Å². The highest BCUT2D eigenvalue weighted by Crippen LogP contribution is 2.28. The molecule has 0 aromatic heterocycles. The van der Waals surface area contributed by atoms with E-state index in [-0.39, 0.29) is 0 Å². The molecular weight excluding hydrogens is 364 g/mol. The first kappa shape index (κ1) is 22.1. The number of guanidine groups is 1. The summed E-state index contributed by atoms with van der Waals surface area (Å²) in [6.45, 7) is 10.7. The predicted molar refractivity (Wildman–Crippen MR) is 118 cm³/mol. The van der Waals surface area contributed by atoms with Gasteiger partial charge in [0.25, 0.3) is 0 Å². The van der Waals surface area contributed by atoms with Crippen LogP contribution in [0.15, 0.2) is 35.3 Å². The van der Waals surface area contributed by atoms with Crippen LogP contribution >= 0.6 is 0 Å². The molecule has 1 saturated heterocycles. The Morgan fingerprint density at radius 1 is 1.17 bits per heavy atom. The third-order valence-electron chi connectivity index (χ3n) is 5.77. The van der Waals surface area contributed by atoms with Crippen LogP contribution in [-0.2, 0) is 4.74 Å². The highest BCUT2D eigenvalue weighted by molar-refractivity contribution is 5.80. The zero-order valence-electron chi connectivity index (χ0n) is 18.1. The first-order valence-electron chi connectivity index (χ1n) is 11.3. The maximum Gasteiger partial charge on any atom is 0.194 e. The summed E-state index contributed by atoms with van der Waals surface area (Å²) in [4.78, 5) is 9.58. The smallest absolute Gasteiger partial charge is 0.194 e.